The highest BCUT2D eigenvalue weighted by Crippen LogP contribution is 2.31. The first-order valence-corrected chi connectivity index (χ1v) is 10.6. The Hall–Kier alpha value is -3.99. The number of aliphatic imine (C=N–C) groups is 1. The molecule has 2 atom stereocenters. The molecule has 4 rings (SSSR count). The summed E-state index contributed by atoms with van der Waals surface area (Å²) in [4.78, 5) is 38.7. The van der Waals surface area contributed by atoms with Gasteiger partial charge in [0, 0.05) is 25.5 Å². The van der Waals surface area contributed by atoms with Gasteiger partial charge < -0.3 is 32.2 Å². The first-order chi connectivity index (χ1) is 16.4. The van der Waals surface area contributed by atoms with Crippen LogP contribution in [0.2, 0.25) is 0 Å². The van der Waals surface area contributed by atoms with E-state index in [2.05, 4.69) is 51.6 Å². The standard InChI is InChI=1S/C16H24ClN15O2/c17-9-11(28-30-19)24-10(27-29-18)8(23-9)13(33)25-15-26-16(7-32(15)20)1-5-31(6-2-16)14(34)12-21-3-4-22-12/h3-4,8,10,23-24H,1-2,5-7,20H2,(H2,18,27)(H2,19,28)(H,21,22)(H,25,26,33). The van der Waals surface area contributed by atoms with Crippen molar-refractivity contribution in [1.82, 2.24) is 35.8 Å². The first-order valence-electron chi connectivity index (χ1n) is 10.2. The quantitative estimate of drug-likeness (QED) is 0.105. The number of halogens is 1. The zero-order chi connectivity index (χ0) is 24.3. The number of likely N-dealkylation sites (tertiary alicyclic amines) is 1. The molecule has 10 N–H and O–H groups in total. The van der Waals surface area contributed by atoms with E-state index in [4.69, 9.17) is 29.1 Å². The minimum absolute atomic E-state index is 0.000790. The number of aromatic amines is 1. The van der Waals surface area contributed by atoms with E-state index < -0.39 is 23.7 Å². The van der Waals surface area contributed by atoms with Gasteiger partial charge in [-0.15, -0.1) is 10.2 Å². The molecule has 2 unspecified atom stereocenters. The van der Waals surface area contributed by atoms with Gasteiger partial charge in [0.2, 0.25) is 5.96 Å². The number of H-pyrrole nitrogens is 1. The van der Waals surface area contributed by atoms with E-state index in [-0.39, 0.29) is 22.8 Å². The minimum atomic E-state index is -1.02. The Kier molecular flexibility index (Phi) is 6.46. The molecule has 182 valence electrons. The molecule has 4 heterocycles. The summed E-state index contributed by atoms with van der Waals surface area (Å²) in [6, 6.07) is -1.02. The third-order valence-electron chi connectivity index (χ3n) is 5.72. The number of guanidine groups is 1. The Labute approximate surface area is 197 Å². The van der Waals surface area contributed by atoms with Gasteiger partial charge in [-0.3, -0.25) is 19.9 Å². The maximum atomic E-state index is 13.0. The van der Waals surface area contributed by atoms with Crippen molar-refractivity contribution in [2.45, 2.75) is 30.6 Å². The van der Waals surface area contributed by atoms with Crippen LogP contribution < -0.4 is 33.5 Å². The van der Waals surface area contributed by atoms with Crippen molar-refractivity contribution >= 4 is 29.4 Å². The molecule has 2 amide bonds. The molecule has 0 aromatic carbocycles. The van der Waals surface area contributed by atoms with Crippen LogP contribution >= 0.6 is 11.6 Å². The number of aromatic nitrogens is 2. The molecule has 1 saturated heterocycles. The van der Waals surface area contributed by atoms with E-state index in [1.165, 1.54) is 11.2 Å². The second-order valence-electron chi connectivity index (χ2n) is 7.83. The fraction of sp³-hybridized carbons (Fsp3) is 0.500. The number of nitrogens with one attached hydrogen (secondary N) is 4. The summed E-state index contributed by atoms with van der Waals surface area (Å²) in [5.74, 6) is 16.2. The molecule has 1 fully saturated rings. The lowest BCUT2D eigenvalue weighted by Crippen LogP contribution is -2.60. The number of imidazole rings is 1. The highest BCUT2D eigenvalue weighted by atomic mass is 35.5. The fourth-order valence-electron chi connectivity index (χ4n) is 4.01. The average Bonchev–Trinajstić information content (AvgIpc) is 3.45. The number of hydrazine groups is 1. The van der Waals surface area contributed by atoms with Crippen molar-refractivity contribution in [3.8, 4) is 0 Å². The van der Waals surface area contributed by atoms with Crippen molar-refractivity contribution in [1.29, 1.82) is 0 Å². The molecule has 1 aromatic rings. The zero-order valence-corrected chi connectivity index (χ0v) is 18.6. The van der Waals surface area contributed by atoms with E-state index in [1.54, 1.807) is 11.1 Å². The van der Waals surface area contributed by atoms with Gasteiger partial charge in [-0.05, 0) is 12.8 Å². The van der Waals surface area contributed by atoms with Crippen LogP contribution in [0.5, 0.6) is 0 Å². The molecule has 0 saturated carbocycles. The highest BCUT2D eigenvalue weighted by Gasteiger charge is 2.44. The largest absolute Gasteiger partial charge is 0.358 e. The van der Waals surface area contributed by atoms with Crippen LogP contribution in [0.3, 0.4) is 0 Å². The zero-order valence-electron chi connectivity index (χ0n) is 17.8. The summed E-state index contributed by atoms with van der Waals surface area (Å²) in [6.45, 7) is 1.34. The van der Waals surface area contributed by atoms with Gasteiger partial charge in [0.25, 0.3) is 11.8 Å². The van der Waals surface area contributed by atoms with E-state index in [0.29, 0.717) is 38.3 Å². The summed E-state index contributed by atoms with van der Waals surface area (Å²) in [5.41, 5.74) is -0.530. The van der Waals surface area contributed by atoms with E-state index in [0.717, 1.165) is 0 Å². The van der Waals surface area contributed by atoms with Gasteiger partial charge >= 0.3 is 0 Å². The van der Waals surface area contributed by atoms with Gasteiger partial charge in [-0.25, -0.2) is 15.8 Å². The predicted octanol–water partition coefficient (Wildman–Crippen LogP) is -2.05. The van der Waals surface area contributed by atoms with Crippen LogP contribution in [0.4, 0.5) is 0 Å². The minimum Gasteiger partial charge on any atom is -0.358 e. The second kappa shape index (κ2) is 9.48. The Morgan fingerprint density at radius 3 is 2.65 bits per heavy atom. The van der Waals surface area contributed by atoms with E-state index >= 15 is 0 Å². The average molecular weight is 494 g/mol. The summed E-state index contributed by atoms with van der Waals surface area (Å²) in [7, 11) is 0. The smallest absolute Gasteiger partial charge is 0.289 e. The van der Waals surface area contributed by atoms with Crippen LogP contribution in [-0.2, 0) is 4.79 Å². The number of rotatable bonds is 4. The summed E-state index contributed by atoms with van der Waals surface area (Å²) in [6.07, 6.45) is 3.32. The van der Waals surface area contributed by atoms with Crippen molar-refractivity contribution in [3.05, 3.63) is 29.2 Å². The maximum Gasteiger partial charge on any atom is 0.289 e. The molecule has 3 aliphatic rings. The van der Waals surface area contributed by atoms with Crippen LogP contribution in [0.25, 0.3) is 0 Å². The molecular weight excluding hydrogens is 470 g/mol. The number of amides is 2. The summed E-state index contributed by atoms with van der Waals surface area (Å²) < 4.78 is 0. The van der Waals surface area contributed by atoms with E-state index in [1.807, 2.05) is 0 Å². The Morgan fingerprint density at radius 2 is 2.00 bits per heavy atom. The van der Waals surface area contributed by atoms with Gasteiger partial charge in [0.1, 0.15) is 11.2 Å². The lowest BCUT2D eigenvalue weighted by Gasteiger charge is -2.36. The lowest BCUT2D eigenvalue weighted by atomic mass is 9.88. The van der Waals surface area contributed by atoms with Crippen molar-refractivity contribution in [2.75, 3.05) is 19.6 Å². The van der Waals surface area contributed by atoms with Crippen LogP contribution in [0.15, 0.2) is 49.0 Å². The number of carbonyl (C=O) groups excluding carboxylic acids is 2. The number of nitrogens with zero attached hydrogens (tertiary/aromatic N) is 8. The van der Waals surface area contributed by atoms with Gasteiger partial charge in [0.05, 0.1) is 12.1 Å². The Balaban J connectivity index is 1.43. The maximum absolute atomic E-state index is 13.0. The van der Waals surface area contributed by atoms with Gasteiger partial charge in [-0.1, -0.05) is 22.0 Å². The number of carbonyl (C=O) groups is 2. The van der Waals surface area contributed by atoms with Crippen LogP contribution in [0.1, 0.15) is 23.5 Å². The Bertz CT molecular complexity index is 1040. The topological polar surface area (TPSA) is 245 Å². The monoisotopic (exact) mass is 493 g/mol. The predicted molar refractivity (Wildman–Crippen MR) is 118 cm³/mol. The molecule has 0 bridgehead atoms. The summed E-state index contributed by atoms with van der Waals surface area (Å²) in [5, 5.41) is 23.4. The third kappa shape index (κ3) is 4.55. The van der Waals surface area contributed by atoms with Gasteiger partial charge in [-0.2, -0.15) is 0 Å². The number of piperidine rings is 1. The normalized spacial score (nSPS) is 24.5. The first kappa shape index (κ1) is 23.2. The number of nitrogens with two attached hydrogens (primary N) is 3. The number of hydrogen-bond donors (Lipinski definition) is 7. The van der Waals surface area contributed by atoms with E-state index in [9.17, 15) is 9.59 Å². The Morgan fingerprint density at radius 1 is 1.24 bits per heavy atom. The van der Waals surface area contributed by atoms with Crippen molar-refractivity contribution < 1.29 is 9.59 Å². The van der Waals surface area contributed by atoms with Crippen LogP contribution in [-0.4, -0.2) is 75.0 Å². The highest BCUT2D eigenvalue weighted by molar-refractivity contribution is 6.29. The molecule has 0 aliphatic carbocycles. The fourth-order valence-corrected chi connectivity index (χ4v) is 4.22. The second-order valence-corrected chi connectivity index (χ2v) is 8.21. The molecule has 34 heavy (non-hydrogen) atoms. The molecule has 3 aliphatic heterocycles. The molecular formula is C16H24ClN15O2. The molecule has 18 heteroatoms. The van der Waals surface area contributed by atoms with Crippen LogP contribution in [0, 0.1) is 0 Å². The summed E-state index contributed by atoms with van der Waals surface area (Å²) >= 11 is 6.11. The molecule has 1 aromatic heterocycles. The van der Waals surface area contributed by atoms with Gasteiger partial charge in [0.15, 0.2) is 17.8 Å². The van der Waals surface area contributed by atoms with Crippen molar-refractivity contribution in [2.24, 2.45) is 43.2 Å². The molecule has 1 spiro atoms. The third-order valence-corrected chi connectivity index (χ3v) is 6.01. The lowest BCUT2D eigenvalue weighted by molar-refractivity contribution is -0.122. The molecule has 17 nitrogen and oxygen atoms in total. The SMILES string of the molecule is NN=NC1=C(Cl)NC(C(=O)NC2=NC3(CCN(C(=O)c4ncc[nH]4)CC3)CN2N)C(N=NN)N1. The van der Waals surface area contributed by atoms with Crippen molar-refractivity contribution in [3.63, 3.8) is 0 Å². The number of hydrogen-bond acceptors (Lipinski definition) is 12. The molecule has 0 radical (unpaired) electrons.